The van der Waals surface area contributed by atoms with Crippen LogP contribution in [0.2, 0.25) is 0 Å². The van der Waals surface area contributed by atoms with Crippen LogP contribution in [0.1, 0.15) is 23.0 Å². The Bertz CT molecular complexity index is 1630. The number of carbonyl (C=O) groups excluding carboxylic acids is 5. The van der Waals surface area contributed by atoms with E-state index in [9.17, 15) is 44.1 Å². The summed E-state index contributed by atoms with van der Waals surface area (Å²) in [5.41, 5.74) is 12.2. The molecule has 2 unspecified atom stereocenters. The first-order valence-corrected chi connectivity index (χ1v) is 14.6. The number of benzene rings is 1. The molecule has 45 heavy (non-hydrogen) atoms. The van der Waals surface area contributed by atoms with Crippen molar-refractivity contribution in [3.05, 3.63) is 46.6 Å². The molecule has 0 bridgehead atoms. The standard InChI is InChI=1S/C25H25N7O11S2/c1-10(43-30-18(19(26)36)13-9-45-25(27)28-13)20(37)29-31(21(38)11-2-3-15(33)16(34)6-11)7-17(35)42-8-12-22(39)32-14(24(40)41)4-5-44-23(12)32/h2-4,6,9-10,12,23,33-34H,5,7-8H2,1H3,(H2,26,36)(H2,27,28)(H,29,37)(H,40,41)/t10?,12?,23-/m0/s1. The number of fused-ring (bicyclic) bond motifs is 1. The summed E-state index contributed by atoms with van der Waals surface area (Å²) >= 11 is 2.28. The number of hydrogen-bond acceptors (Lipinski definition) is 15. The quantitative estimate of drug-likeness (QED) is 0.0550. The average molecular weight is 664 g/mol. The molecule has 4 rings (SSSR count). The maximum absolute atomic E-state index is 13.2. The fraction of sp³-hybridized carbons (Fsp3) is 0.280. The van der Waals surface area contributed by atoms with Gasteiger partial charge in [-0.05, 0) is 31.2 Å². The molecule has 0 saturated carbocycles. The Hall–Kier alpha value is -5.37. The van der Waals surface area contributed by atoms with Crippen molar-refractivity contribution in [2.45, 2.75) is 18.4 Å². The number of rotatable bonds is 11. The molecule has 0 radical (unpaired) electrons. The number of carbonyl (C=O) groups is 6. The minimum atomic E-state index is -1.48. The lowest BCUT2D eigenvalue weighted by atomic mass is 9.97. The van der Waals surface area contributed by atoms with Gasteiger partial charge in [0.25, 0.3) is 17.7 Å². The van der Waals surface area contributed by atoms with Gasteiger partial charge in [-0.15, -0.1) is 23.1 Å². The van der Waals surface area contributed by atoms with Gasteiger partial charge in [-0.3, -0.25) is 34.3 Å². The van der Waals surface area contributed by atoms with Crippen molar-refractivity contribution in [1.82, 2.24) is 20.3 Å². The largest absolute Gasteiger partial charge is 0.504 e. The fourth-order valence-corrected chi connectivity index (χ4v) is 5.78. The highest BCUT2D eigenvalue weighted by atomic mass is 32.2. The van der Waals surface area contributed by atoms with E-state index in [0.717, 1.165) is 34.4 Å². The van der Waals surface area contributed by atoms with E-state index in [-0.39, 0.29) is 22.1 Å². The van der Waals surface area contributed by atoms with E-state index in [4.69, 9.17) is 21.0 Å². The fourth-order valence-electron chi connectivity index (χ4n) is 3.99. The minimum Gasteiger partial charge on any atom is -0.504 e. The van der Waals surface area contributed by atoms with Crippen LogP contribution in [0.25, 0.3) is 0 Å². The molecule has 3 atom stereocenters. The molecular formula is C25H25N7O11S2. The maximum Gasteiger partial charge on any atom is 0.352 e. The minimum absolute atomic E-state index is 0.000746. The number of phenolic OH excluding ortho intramolecular Hbond substituents is 2. The van der Waals surface area contributed by atoms with Crippen LogP contribution in [0.3, 0.4) is 0 Å². The molecule has 1 aromatic heterocycles. The van der Waals surface area contributed by atoms with Gasteiger partial charge in [0.2, 0.25) is 12.0 Å². The number of phenols is 2. The summed E-state index contributed by atoms with van der Waals surface area (Å²) < 4.78 is 5.20. The number of oxime groups is 1. The monoisotopic (exact) mass is 663 g/mol. The number of carboxylic acid groups (broad SMARTS) is 1. The molecule has 18 nitrogen and oxygen atoms in total. The van der Waals surface area contributed by atoms with Crippen LogP contribution in [0, 0.1) is 5.92 Å². The number of aromatic hydroxyl groups is 2. The molecular weight excluding hydrogens is 638 g/mol. The number of aromatic nitrogens is 1. The van der Waals surface area contributed by atoms with Gasteiger partial charge >= 0.3 is 11.9 Å². The number of nitrogens with one attached hydrogen (secondary N) is 1. The number of nitrogens with zero attached hydrogens (tertiary/aromatic N) is 4. The Kier molecular flexibility index (Phi) is 9.77. The van der Waals surface area contributed by atoms with Crippen molar-refractivity contribution < 1.29 is 53.7 Å². The Labute approximate surface area is 261 Å². The maximum atomic E-state index is 13.2. The van der Waals surface area contributed by atoms with Crippen molar-refractivity contribution in [2.75, 3.05) is 24.6 Å². The van der Waals surface area contributed by atoms with Crippen LogP contribution in [0.4, 0.5) is 5.13 Å². The number of anilines is 1. The Balaban J connectivity index is 1.44. The Morgan fingerprint density at radius 3 is 2.60 bits per heavy atom. The van der Waals surface area contributed by atoms with Gasteiger partial charge in [0.1, 0.15) is 30.5 Å². The summed E-state index contributed by atoms with van der Waals surface area (Å²) in [5.74, 6) is -7.66. The lowest BCUT2D eigenvalue weighted by Crippen LogP contribution is -2.62. The first-order chi connectivity index (χ1) is 21.3. The van der Waals surface area contributed by atoms with E-state index in [1.54, 1.807) is 0 Å². The number of thiazole rings is 1. The number of amides is 4. The van der Waals surface area contributed by atoms with Gasteiger partial charge in [0, 0.05) is 16.7 Å². The number of thioether (sulfide) groups is 1. The number of ether oxygens (including phenoxy) is 1. The number of nitrogen functional groups attached to an aromatic ring is 1. The third-order valence-electron chi connectivity index (χ3n) is 6.27. The first-order valence-electron chi connectivity index (χ1n) is 12.7. The van der Waals surface area contributed by atoms with Crippen LogP contribution in [0.5, 0.6) is 11.5 Å². The number of aliphatic carboxylic acids is 1. The van der Waals surface area contributed by atoms with Crippen molar-refractivity contribution >= 4 is 69.5 Å². The number of nitrogens with two attached hydrogens (primary N) is 2. The zero-order valence-corrected chi connectivity index (χ0v) is 24.7. The highest BCUT2D eigenvalue weighted by Gasteiger charge is 2.52. The molecule has 2 aliphatic rings. The smallest absolute Gasteiger partial charge is 0.352 e. The van der Waals surface area contributed by atoms with Crippen LogP contribution >= 0.6 is 23.1 Å². The summed E-state index contributed by atoms with van der Waals surface area (Å²) in [4.78, 5) is 84.8. The summed E-state index contributed by atoms with van der Waals surface area (Å²) in [6.07, 6.45) is -0.0791. The number of hydrogen-bond donors (Lipinski definition) is 6. The van der Waals surface area contributed by atoms with E-state index in [1.165, 1.54) is 30.1 Å². The molecule has 20 heteroatoms. The van der Waals surface area contributed by atoms with E-state index < -0.39 is 83.3 Å². The molecule has 0 spiro atoms. The molecule has 4 amide bonds. The van der Waals surface area contributed by atoms with Crippen molar-refractivity contribution in [2.24, 2.45) is 16.8 Å². The number of primary amides is 1. The van der Waals surface area contributed by atoms with E-state index in [0.29, 0.717) is 10.8 Å². The summed E-state index contributed by atoms with van der Waals surface area (Å²) in [7, 11) is 0. The second-order valence-electron chi connectivity index (χ2n) is 9.31. The van der Waals surface area contributed by atoms with Gasteiger partial charge in [-0.25, -0.2) is 14.8 Å². The van der Waals surface area contributed by atoms with Gasteiger partial charge in [-0.2, -0.15) is 0 Å². The predicted octanol–water partition coefficient (Wildman–Crippen LogP) is -1.05. The molecule has 8 N–H and O–H groups in total. The van der Waals surface area contributed by atoms with Crippen molar-refractivity contribution in [1.29, 1.82) is 0 Å². The summed E-state index contributed by atoms with van der Waals surface area (Å²) in [6.45, 7) is -0.120. The molecule has 0 aliphatic carbocycles. The average Bonchev–Trinajstić information content (AvgIpc) is 3.42. The molecule has 1 saturated heterocycles. The molecule has 3 heterocycles. The van der Waals surface area contributed by atoms with Gasteiger partial charge < -0.3 is 36.4 Å². The van der Waals surface area contributed by atoms with Crippen LogP contribution in [-0.2, 0) is 33.5 Å². The van der Waals surface area contributed by atoms with Gasteiger partial charge in [0.05, 0.1) is 5.37 Å². The lowest BCUT2D eigenvalue weighted by molar-refractivity contribution is -0.160. The summed E-state index contributed by atoms with van der Waals surface area (Å²) in [5, 5.41) is 33.8. The van der Waals surface area contributed by atoms with Crippen LogP contribution in [0.15, 0.2) is 40.5 Å². The predicted molar refractivity (Wildman–Crippen MR) is 155 cm³/mol. The molecule has 238 valence electrons. The van der Waals surface area contributed by atoms with Crippen molar-refractivity contribution in [3.8, 4) is 11.5 Å². The third kappa shape index (κ3) is 7.24. The van der Waals surface area contributed by atoms with Crippen LogP contribution < -0.4 is 16.9 Å². The number of hydrazine groups is 1. The number of esters is 1. The van der Waals surface area contributed by atoms with E-state index in [1.807, 2.05) is 0 Å². The SMILES string of the molecule is CC(ON=C(C(N)=O)c1csc(N)n1)C(=O)NN(CC(=O)OCC1C(=O)N2C(C(=O)O)=CCS[C@@H]12)C(=O)c1ccc(O)c(O)c1. The topological polar surface area (TPSA) is 277 Å². The Morgan fingerprint density at radius 1 is 1.24 bits per heavy atom. The van der Waals surface area contributed by atoms with Gasteiger partial charge in [0.15, 0.2) is 22.3 Å². The normalized spacial score (nSPS) is 18.1. The highest BCUT2D eigenvalue weighted by Crippen LogP contribution is 2.41. The van der Waals surface area contributed by atoms with E-state index in [2.05, 4.69) is 15.6 Å². The zero-order valence-electron chi connectivity index (χ0n) is 23.1. The highest BCUT2D eigenvalue weighted by molar-refractivity contribution is 8.00. The van der Waals surface area contributed by atoms with Gasteiger partial charge in [-0.1, -0.05) is 5.16 Å². The van der Waals surface area contributed by atoms with Crippen LogP contribution in [-0.4, -0.2) is 102 Å². The lowest BCUT2D eigenvalue weighted by Gasteiger charge is -2.47. The molecule has 2 aromatic rings. The number of β-lactam (4-membered cyclic amide) rings is 1. The molecule has 1 fully saturated rings. The zero-order chi connectivity index (χ0) is 33.0. The summed E-state index contributed by atoms with van der Waals surface area (Å²) in [6, 6.07) is 3.01. The first kappa shape index (κ1) is 32.5. The second-order valence-corrected chi connectivity index (χ2v) is 11.3. The molecule has 2 aliphatic heterocycles. The Morgan fingerprint density at radius 2 is 1.98 bits per heavy atom. The third-order valence-corrected chi connectivity index (χ3v) is 8.18. The van der Waals surface area contributed by atoms with Crippen molar-refractivity contribution in [3.63, 3.8) is 0 Å². The molecule has 1 aromatic carbocycles. The number of carboxylic acids is 1. The second kappa shape index (κ2) is 13.5. The van der Waals surface area contributed by atoms with E-state index >= 15 is 0 Å².